The highest BCUT2D eigenvalue weighted by Gasteiger charge is 2.44. The first-order chi connectivity index (χ1) is 22.4. The molecule has 0 saturated carbocycles. The number of carbonyl (C=O) groups excluding carboxylic acids is 3. The lowest BCUT2D eigenvalue weighted by atomic mass is 9.77. The zero-order chi connectivity index (χ0) is 32.2. The van der Waals surface area contributed by atoms with E-state index in [1.807, 2.05) is 41.3 Å². The minimum atomic E-state index is -0.0797. The highest BCUT2D eigenvalue weighted by atomic mass is 16.5. The van der Waals surface area contributed by atoms with E-state index >= 15 is 0 Å². The fourth-order valence-corrected chi connectivity index (χ4v) is 7.64. The highest BCUT2D eigenvalue weighted by Crippen LogP contribution is 2.38. The summed E-state index contributed by atoms with van der Waals surface area (Å²) in [6.07, 6.45) is 5.25. The molecule has 10 heteroatoms. The molecular weight excluding hydrogens is 584 g/mol. The van der Waals surface area contributed by atoms with Gasteiger partial charge in [0.05, 0.1) is 14.2 Å². The highest BCUT2D eigenvalue weighted by molar-refractivity contribution is 6.00. The second-order valence-electron chi connectivity index (χ2n) is 12.8. The van der Waals surface area contributed by atoms with E-state index in [1.165, 1.54) is 0 Å². The number of hydrogen-bond acceptors (Lipinski definition) is 7. The molecule has 6 rings (SSSR count). The van der Waals surface area contributed by atoms with Gasteiger partial charge in [-0.05, 0) is 74.5 Å². The number of likely N-dealkylation sites (tertiary alicyclic amines) is 1. The second kappa shape index (κ2) is 14.0. The lowest BCUT2D eigenvalue weighted by molar-refractivity contribution is -0.140. The molecule has 0 spiro atoms. The van der Waals surface area contributed by atoms with Crippen molar-refractivity contribution in [2.75, 3.05) is 40.4 Å². The number of benzene rings is 2. The molecule has 0 unspecified atom stereocenters. The molecule has 3 aromatic rings. The predicted molar refractivity (Wildman–Crippen MR) is 173 cm³/mol. The normalized spacial score (nSPS) is 22.5. The van der Waals surface area contributed by atoms with Crippen LogP contribution in [0, 0.1) is 18.8 Å². The van der Waals surface area contributed by atoms with Crippen molar-refractivity contribution in [3.63, 3.8) is 0 Å². The van der Waals surface area contributed by atoms with Crippen LogP contribution >= 0.6 is 0 Å². The Kier molecular flexibility index (Phi) is 9.61. The van der Waals surface area contributed by atoms with Crippen LogP contribution in [-0.2, 0) is 22.4 Å². The molecule has 3 aliphatic rings. The van der Waals surface area contributed by atoms with Gasteiger partial charge < -0.3 is 29.1 Å². The van der Waals surface area contributed by atoms with Crippen LogP contribution in [0.15, 0.2) is 47.0 Å². The number of nitrogens with one attached hydrogen (secondary N) is 1. The third-order valence-electron chi connectivity index (χ3n) is 9.79. The molecular formula is C36H44N4O6. The van der Waals surface area contributed by atoms with E-state index in [9.17, 15) is 14.4 Å². The smallest absolute Gasteiger partial charge is 0.259 e. The first kappa shape index (κ1) is 31.6. The maximum absolute atomic E-state index is 14.1. The van der Waals surface area contributed by atoms with E-state index in [2.05, 4.69) is 21.4 Å². The van der Waals surface area contributed by atoms with Crippen LogP contribution in [0.5, 0.6) is 11.5 Å². The number of hydrogen-bond donors (Lipinski definition) is 1. The Morgan fingerprint density at radius 3 is 2.59 bits per heavy atom. The van der Waals surface area contributed by atoms with E-state index in [1.54, 1.807) is 21.1 Å². The Morgan fingerprint density at radius 1 is 0.978 bits per heavy atom. The second-order valence-corrected chi connectivity index (χ2v) is 12.8. The summed E-state index contributed by atoms with van der Waals surface area (Å²) in [7, 11) is 3.26. The van der Waals surface area contributed by atoms with Gasteiger partial charge in [-0.25, -0.2) is 0 Å². The van der Waals surface area contributed by atoms with Gasteiger partial charge in [-0.1, -0.05) is 41.6 Å². The first-order valence-corrected chi connectivity index (χ1v) is 16.5. The van der Waals surface area contributed by atoms with Gasteiger partial charge in [-0.3, -0.25) is 14.4 Å². The summed E-state index contributed by atoms with van der Waals surface area (Å²) in [5, 5.41) is 7.31. The van der Waals surface area contributed by atoms with Gasteiger partial charge in [0.15, 0.2) is 11.5 Å². The Hall–Kier alpha value is -4.34. The largest absolute Gasteiger partial charge is 0.493 e. The molecule has 0 radical (unpaired) electrons. The number of fused-ring (bicyclic) bond motifs is 6. The van der Waals surface area contributed by atoms with Crippen LogP contribution < -0.4 is 14.8 Å². The number of nitrogens with zero attached hydrogens (tertiary/aromatic N) is 3. The Morgan fingerprint density at radius 2 is 1.80 bits per heavy atom. The zero-order valence-corrected chi connectivity index (χ0v) is 27.0. The molecule has 3 aliphatic heterocycles. The number of carbonyl (C=O) groups is 3. The van der Waals surface area contributed by atoms with Crippen LogP contribution in [0.4, 0.5) is 0 Å². The zero-order valence-electron chi connectivity index (χ0n) is 27.0. The van der Waals surface area contributed by atoms with Gasteiger partial charge in [0.25, 0.3) is 5.91 Å². The molecule has 2 aromatic carbocycles. The van der Waals surface area contributed by atoms with Crippen LogP contribution in [0.3, 0.4) is 0 Å². The Balaban J connectivity index is 1.24. The summed E-state index contributed by atoms with van der Waals surface area (Å²) >= 11 is 0. The van der Waals surface area contributed by atoms with Crippen molar-refractivity contribution in [3.05, 3.63) is 64.9 Å². The molecule has 1 aromatic heterocycles. The lowest BCUT2D eigenvalue weighted by Gasteiger charge is -2.51. The number of methoxy groups -OCH3 is 2. The molecule has 3 amide bonds. The minimum Gasteiger partial charge on any atom is -0.493 e. The van der Waals surface area contributed by atoms with E-state index < -0.39 is 0 Å². The summed E-state index contributed by atoms with van der Waals surface area (Å²) in [5.41, 5.74) is 3.95. The molecule has 46 heavy (non-hydrogen) atoms. The van der Waals surface area contributed by atoms with Crippen molar-refractivity contribution in [3.8, 4) is 22.8 Å². The number of aromatic nitrogens is 1. The third-order valence-corrected chi connectivity index (χ3v) is 9.79. The average Bonchev–Trinajstić information content (AvgIpc) is 3.46. The van der Waals surface area contributed by atoms with Crippen molar-refractivity contribution in [2.24, 2.45) is 11.8 Å². The molecule has 2 saturated heterocycles. The van der Waals surface area contributed by atoms with E-state index in [0.29, 0.717) is 80.4 Å². The molecule has 0 aliphatic carbocycles. The van der Waals surface area contributed by atoms with E-state index in [-0.39, 0.29) is 35.6 Å². The summed E-state index contributed by atoms with van der Waals surface area (Å²) in [6.45, 7) is 4.09. The molecule has 1 N–H and O–H groups in total. The maximum Gasteiger partial charge on any atom is 0.259 e. The van der Waals surface area contributed by atoms with Crippen LogP contribution in [0.2, 0.25) is 0 Å². The fraction of sp³-hybridized carbons (Fsp3) is 0.500. The van der Waals surface area contributed by atoms with Gasteiger partial charge in [0.1, 0.15) is 17.0 Å². The van der Waals surface area contributed by atoms with Gasteiger partial charge >= 0.3 is 0 Å². The summed E-state index contributed by atoms with van der Waals surface area (Å²) in [4.78, 5) is 44.8. The van der Waals surface area contributed by atoms with Crippen LogP contribution in [0.25, 0.3) is 11.3 Å². The van der Waals surface area contributed by atoms with E-state index in [0.717, 1.165) is 42.4 Å². The van der Waals surface area contributed by atoms with Crippen molar-refractivity contribution < 1.29 is 28.4 Å². The third kappa shape index (κ3) is 6.62. The predicted octanol–water partition coefficient (Wildman–Crippen LogP) is 4.82. The Bertz CT molecular complexity index is 1570. The molecule has 4 bridgehead atoms. The molecule has 4 heterocycles. The van der Waals surface area contributed by atoms with E-state index in [4.69, 9.17) is 14.0 Å². The summed E-state index contributed by atoms with van der Waals surface area (Å²) in [5.74, 6) is 2.21. The lowest BCUT2D eigenvalue weighted by Crippen LogP contribution is -2.60. The quantitative estimate of drug-likeness (QED) is 0.441. The minimum absolute atomic E-state index is 0.0220. The molecule has 244 valence electrons. The molecule has 10 nitrogen and oxygen atoms in total. The van der Waals surface area contributed by atoms with Gasteiger partial charge in [-0.15, -0.1) is 0 Å². The van der Waals surface area contributed by atoms with Gasteiger partial charge in [-0.2, -0.15) is 0 Å². The van der Waals surface area contributed by atoms with Crippen molar-refractivity contribution in [1.29, 1.82) is 0 Å². The monoisotopic (exact) mass is 628 g/mol. The SMILES string of the molecule is COc1cc2cc(c1OC)CCCNC(=O)CCC[C@H]1[C@H]3C[C@@H](CN(C(=O)c4c(-c5ccccc5)noc4C)C3)CN1C(=O)CC2. The molecule has 2 fully saturated rings. The first-order valence-electron chi connectivity index (χ1n) is 16.5. The maximum atomic E-state index is 14.1. The number of ether oxygens (including phenoxy) is 2. The molecule has 3 atom stereocenters. The fourth-order valence-electron chi connectivity index (χ4n) is 7.64. The standard InChI is InChI=1S/C36H44N4O6/c1-23-33(34(38-46-23)26-9-5-4-6-10-26)36(43)39-20-25-18-28(22-39)29-12-7-13-31(41)37-16-8-11-27-17-24(14-15-32(42)40(29)21-25)19-30(44-2)35(27)45-3/h4-6,9-10,17,19,25,28-29H,7-8,11-16,18,20-22H2,1-3H3,(H,37,41)/t25-,28-,29-/m0/s1. The Labute approximate surface area is 270 Å². The van der Waals surface area contributed by atoms with Crippen molar-refractivity contribution in [1.82, 2.24) is 20.3 Å². The number of aryl methyl sites for hydroxylation is 3. The number of rotatable bonds is 4. The van der Waals surface area contributed by atoms with Crippen LogP contribution in [0.1, 0.15) is 65.8 Å². The number of amides is 3. The topological polar surface area (TPSA) is 114 Å². The van der Waals surface area contributed by atoms with Gasteiger partial charge in [0, 0.05) is 50.6 Å². The average molecular weight is 629 g/mol. The van der Waals surface area contributed by atoms with Crippen molar-refractivity contribution >= 4 is 17.7 Å². The number of piperidine rings is 2. The van der Waals surface area contributed by atoms with Crippen LogP contribution in [-0.4, -0.2) is 79.1 Å². The summed E-state index contributed by atoms with van der Waals surface area (Å²) < 4.78 is 16.8. The summed E-state index contributed by atoms with van der Waals surface area (Å²) in [6, 6.07) is 13.7. The van der Waals surface area contributed by atoms with Gasteiger partial charge in [0.2, 0.25) is 11.8 Å². The van der Waals surface area contributed by atoms with Crippen molar-refractivity contribution in [2.45, 2.75) is 64.3 Å².